The van der Waals surface area contributed by atoms with Crippen molar-refractivity contribution in [2.75, 3.05) is 13.1 Å². The summed E-state index contributed by atoms with van der Waals surface area (Å²) >= 11 is 0. The van der Waals surface area contributed by atoms with Gasteiger partial charge in [-0.25, -0.2) is 0 Å². The number of hydrogen-bond donors (Lipinski definition) is 0. The van der Waals surface area contributed by atoms with Crippen LogP contribution in [0, 0.1) is 5.92 Å². The fourth-order valence-electron chi connectivity index (χ4n) is 4.04. The number of hydrogen-bond acceptors (Lipinski definition) is 4. The molecule has 3 aliphatic rings. The van der Waals surface area contributed by atoms with Crippen molar-refractivity contribution in [3.05, 3.63) is 42.0 Å². The summed E-state index contributed by atoms with van der Waals surface area (Å²) in [5.41, 5.74) is 3.33. The second kappa shape index (κ2) is 6.52. The minimum Gasteiger partial charge on any atom is -0.471 e. The van der Waals surface area contributed by atoms with Gasteiger partial charge in [0.2, 0.25) is 5.88 Å². The van der Waals surface area contributed by atoms with Gasteiger partial charge in [-0.2, -0.15) is 0 Å². The third-order valence-corrected chi connectivity index (χ3v) is 5.65. The molecule has 4 heteroatoms. The van der Waals surface area contributed by atoms with Gasteiger partial charge in [0.05, 0.1) is 5.69 Å². The number of aryl methyl sites for hydroxylation is 1. The summed E-state index contributed by atoms with van der Waals surface area (Å²) in [5, 5.41) is 8.69. The molecule has 5 rings (SSSR count). The summed E-state index contributed by atoms with van der Waals surface area (Å²) in [5.74, 6) is 1.31. The van der Waals surface area contributed by atoms with Gasteiger partial charge in [0.25, 0.3) is 0 Å². The highest BCUT2D eigenvalue weighted by Gasteiger charge is 2.41. The van der Waals surface area contributed by atoms with Crippen LogP contribution < -0.4 is 4.74 Å². The number of benzene rings is 1. The van der Waals surface area contributed by atoms with Crippen LogP contribution in [0.1, 0.15) is 32.3 Å². The van der Waals surface area contributed by atoms with Crippen molar-refractivity contribution in [3.63, 3.8) is 0 Å². The molecule has 0 amide bonds. The van der Waals surface area contributed by atoms with E-state index in [1.165, 1.54) is 31.5 Å². The van der Waals surface area contributed by atoms with E-state index in [0.29, 0.717) is 17.8 Å². The molecule has 126 valence electrons. The van der Waals surface area contributed by atoms with E-state index in [2.05, 4.69) is 53.2 Å². The van der Waals surface area contributed by atoms with Crippen molar-refractivity contribution < 1.29 is 4.74 Å². The van der Waals surface area contributed by atoms with E-state index in [9.17, 15) is 0 Å². The fourth-order valence-corrected chi connectivity index (χ4v) is 4.04. The van der Waals surface area contributed by atoms with Crippen molar-refractivity contribution in [2.24, 2.45) is 5.92 Å². The van der Waals surface area contributed by atoms with Crippen molar-refractivity contribution >= 4 is 0 Å². The second-order valence-corrected chi connectivity index (χ2v) is 7.00. The largest absolute Gasteiger partial charge is 0.471 e. The molecule has 2 bridgehead atoms. The first-order valence-electron chi connectivity index (χ1n) is 9.08. The van der Waals surface area contributed by atoms with Gasteiger partial charge in [-0.1, -0.05) is 31.2 Å². The summed E-state index contributed by atoms with van der Waals surface area (Å²) < 4.78 is 6.21. The molecule has 0 aliphatic carbocycles. The van der Waals surface area contributed by atoms with E-state index in [0.717, 1.165) is 17.7 Å². The van der Waals surface area contributed by atoms with Crippen LogP contribution in [-0.4, -0.2) is 40.3 Å². The van der Waals surface area contributed by atoms with Gasteiger partial charge < -0.3 is 4.74 Å². The van der Waals surface area contributed by atoms with E-state index in [-0.39, 0.29) is 6.10 Å². The number of rotatable bonds is 4. The van der Waals surface area contributed by atoms with Crippen LogP contribution in [0.3, 0.4) is 0 Å². The molecular weight excluding hydrogens is 298 g/mol. The van der Waals surface area contributed by atoms with Gasteiger partial charge in [0.15, 0.2) is 0 Å². The van der Waals surface area contributed by atoms with E-state index in [4.69, 9.17) is 4.74 Å². The minimum absolute atomic E-state index is 0.247. The Labute approximate surface area is 143 Å². The van der Waals surface area contributed by atoms with Crippen LogP contribution >= 0.6 is 0 Å². The zero-order valence-corrected chi connectivity index (χ0v) is 14.5. The van der Waals surface area contributed by atoms with Crippen LogP contribution in [0.25, 0.3) is 11.3 Å². The molecule has 0 radical (unpaired) electrons. The predicted octanol–water partition coefficient (Wildman–Crippen LogP) is 3.57. The van der Waals surface area contributed by atoms with Crippen molar-refractivity contribution in [1.29, 1.82) is 0 Å². The average molecular weight is 323 g/mol. The van der Waals surface area contributed by atoms with Crippen molar-refractivity contribution in [3.8, 4) is 17.1 Å². The Morgan fingerprint density at radius 2 is 1.79 bits per heavy atom. The van der Waals surface area contributed by atoms with Crippen LogP contribution in [0.2, 0.25) is 0 Å². The molecule has 2 aromatic rings. The predicted molar refractivity (Wildman–Crippen MR) is 95.0 cm³/mol. The standard InChI is InChI=1S/C20H25N3O/c1-3-15-4-6-16(7-5-15)18-8-9-19(22-21-18)24-20-14(2)23-12-10-17(20)11-13-23/h4-9,14,17,20H,3,10-13H2,1-2H3. The zero-order valence-electron chi connectivity index (χ0n) is 14.5. The summed E-state index contributed by atoms with van der Waals surface area (Å²) in [6.45, 7) is 6.86. The molecular formula is C20H25N3O. The Morgan fingerprint density at radius 1 is 1.04 bits per heavy atom. The Hall–Kier alpha value is -1.94. The van der Waals surface area contributed by atoms with Crippen LogP contribution in [-0.2, 0) is 6.42 Å². The smallest absolute Gasteiger partial charge is 0.233 e. The van der Waals surface area contributed by atoms with Crippen molar-refractivity contribution in [1.82, 2.24) is 15.1 Å². The number of ether oxygens (including phenoxy) is 1. The van der Waals surface area contributed by atoms with Gasteiger partial charge in [-0.05, 0) is 56.8 Å². The highest BCUT2D eigenvalue weighted by atomic mass is 16.5. The Balaban J connectivity index is 1.47. The number of fused-ring (bicyclic) bond motifs is 3. The van der Waals surface area contributed by atoms with Crippen LogP contribution in [0.5, 0.6) is 5.88 Å². The summed E-state index contributed by atoms with van der Waals surface area (Å²) in [6.07, 6.45) is 3.78. The first kappa shape index (κ1) is 15.6. The van der Waals surface area contributed by atoms with Crippen molar-refractivity contribution in [2.45, 2.75) is 45.3 Å². The first-order chi connectivity index (χ1) is 11.7. The van der Waals surface area contributed by atoms with E-state index in [1.54, 1.807) is 0 Å². The van der Waals surface area contributed by atoms with E-state index >= 15 is 0 Å². The number of nitrogens with zero attached hydrogens (tertiary/aromatic N) is 3. The topological polar surface area (TPSA) is 38.2 Å². The monoisotopic (exact) mass is 323 g/mol. The molecule has 4 nitrogen and oxygen atoms in total. The minimum atomic E-state index is 0.247. The molecule has 3 aliphatic heterocycles. The van der Waals surface area contributed by atoms with E-state index in [1.807, 2.05) is 12.1 Å². The molecule has 2 unspecified atom stereocenters. The fraction of sp³-hybridized carbons (Fsp3) is 0.500. The summed E-state index contributed by atoms with van der Waals surface area (Å²) in [6, 6.07) is 13.0. The first-order valence-corrected chi connectivity index (χ1v) is 9.08. The van der Waals surface area contributed by atoms with Gasteiger partial charge >= 0.3 is 0 Å². The number of aromatic nitrogens is 2. The van der Waals surface area contributed by atoms with Crippen LogP contribution in [0.4, 0.5) is 0 Å². The maximum atomic E-state index is 6.21. The molecule has 1 aromatic carbocycles. The maximum absolute atomic E-state index is 6.21. The lowest BCUT2D eigenvalue weighted by atomic mass is 9.81. The highest BCUT2D eigenvalue weighted by Crippen LogP contribution is 2.34. The van der Waals surface area contributed by atoms with E-state index < -0.39 is 0 Å². The lowest BCUT2D eigenvalue weighted by molar-refractivity contribution is -0.0528. The number of piperidine rings is 3. The van der Waals surface area contributed by atoms with Gasteiger partial charge in [-0.3, -0.25) is 4.90 Å². The lowest BCUT2D eigenvalue weighted by Crippen LogP contribution is -2.58. The molecule has 0 spiro atoms. The average Bonchev–Trinajstić information content (AvgIpc) is 2.66. The molecule has 0 saturated carbocycles. The second-order valence-electron chi connectivity index (χ2n) is 7.00. The summed E-state index contributed by atoms with van der Waals surface area (Å²) in [4.78, 5) is 2.53. The zero-order chi connectivity index (χ0) is 16.5. The molecule has 0 N–H and O–H groups in total. The Kier molecular flexibility index (Phi) is 4.23. The normalized spacial score (nSPS) is 28.8. The third kappa shape index (κ3) is 2.91. The third-order valence-electron chi connectivity index (χ3n) is 5.65. The summed E-state index contributed by atoms with van der Waals surface area (Å²) in [7, 11) is 0. The SMILES string of the molecule is CCc1ccc(-c2ccc(OC3C4CCN(CC4)C3C)nn2)cc1. The lowest BCUT2D eigenvalue weighted by Gasteiger charge is -2.48. The molecule has 24 heavy (non-hydrogen) atoms. The van der Waals surface area contributed by atoms with Gasteiger partial charge in [-0.15, -0.1) is 10.2 Å². The molecule has 3 saturated heterocycles. The molecule has 4 heterocycles. The van der Waals surface area contributed by atoms with Crippen LogP contribution in [0.15, 0.2) is 36.4 Å². The maximum Gasteiger partial charge on any atom is 0.233 e. The molecule has 3 fully saturated rings. The van der Waals surface area contributed by atoms with Gasteiger partial charge in [0.1, 0.15) is 6.10 Å². The quantitative estimate of drug-likeness (QED) is 0.862. The highest BCUT2D eigenvalue weighted by molar-refractivity contribution is 5.58. The Morgan fingerprint density at radius 3 is 2.38 bits per heavy atom. The Bertz CT molecular complexity index is 673. The van der Waals surface area contributed by atoms with Gasteiger partial charge in [0, 0.05) is 17.7 Å². The molecule has 2 atom stereocenters. The molecule has 1 aromatic heterocycles.